The second kappa shape index (κ2) is 9.13. The minimum absolute atomic E-state index is 0.571. The lowest BCUT2D eigenvalue weighted by atomic mass is 10.2. The van der Waals surface area contributed by atoms with Crippen LogP contribution in [-0.4, -0.2) is 25.8 Å². The van der Waals surface area contributed by atoms with E-state index in [2.05, 4.69) is 10.6 Å². The van der Waals surface area contributed by atoms with Gasteiger partial charge in [-0.2, -0.15) is 0 Å². The molecule has 90 valence electrons. The van der Waals surface area contributed by atoms with Crippen LogP contribution in [0, 0.1) is 0 Å². The largest absolute Gasteiger partial charge is 0.330 e. The zero-order valence-corrected chi connectivity index (χ0v) is 9.93. The van der Waals surface area contributed by atoms with Crippen LogP contribution in [0.25, 0.3) is 0 Å². The highest BCUT2D eigenvalue weighted by molar-refractivity contribution is 4.68. The van der Waals surface area contributed by atoms with Crippen molar-refractivity contribution < 1.29 is 0 Å². The van der Waals surface area contributed by atoms with Crippen molar-refractivity contribution in [1.29, 1.82) is 0 Å². The highest BCUT2D eigenvalue weighted by atomic mass is 15.1. The lowest BCUT2D eigenvalue weighted by Crippen LogP contribution is -2.41. The molecule has 1 heterocycles. The van der Waals surface area contributed by atoms with Crippen LogP contribution in [0.15, 0.2) is 0 Å². The molecule has 3 nitrogen and oxygen atoms in total. The van der Waals surface area contributed by atoms with E-state index < -0.39 is 0 Å². The second-order valence-electron chi connectivity index (χ2n) is 4.51. The van der Waals surface area contributed by atoms with Crippen LogP contribution < -0.4 is 16.4 Å². The van der Waals surface area contributed by atoms with Crippen molar-refractivity contribution in [2.45, 2.75) is 57.5 Å². The van der Waals surface area contributed by atoms with E-state index in [1.165, 1.54) is 57.9 Å². The third kappa shape index (κ3) is 6.88. The van der Waals surface area contributed by atoms with Gasteiger partial charge in [0.05, 0.1) is 6.17 Å². The summed E-state index contributed by atoms with van der Waals surface area (Å²) in [4.78, 5) is 0. The summed E-state index contributed by atoms with van der Waals surface area (Å²) in [5, 5.41) is 7.15. The Labute approximate surface area is 94.2 Å². The maximum Gasteiger partial charge on any atom is 0.0571 e. The van der Waals surface area contributed by atoms with Crippen molar-refractivity contribution >= 4 is 0 Å². The highest BCUT2D eigenvalue weighted by Gasteiger charge is 2.09. The van der Waals surface area contributed by atoms with E-state index in [1.807, 2.05) is 0 Å². The van der Waals surface area contributed by atoms with E-state index in [-0.39, 0.29) is 0 Å². The molecule has 1 fully saturated rings. The zero-order valence-electron chi connectivity index (χ0n) is 9.93. The van der Waals surface area contributed by atoms with Gasteiger partial charge in [0.15, 0.2) is 0 Å². The van der Waals surface area contributed by atoms with Gasteiger partial charge >= 0.3 is 0 Å². The van der Waals surface area contributed by atoms with Gasteiger partial charge in [0.2, 0.25) is 0 Å². The molecule has 1 atom stereocenters. The van der Waals surface area contributed by atoms with Crippen molar-refractivity contribution in [3.8, 4) is 0 Å². The number of nitrogens with one attached hydrogen (secondary N) is 2. The average Bonchev–Trinajstić information content (AvgIpc) is 2.52. The number of hydrogen-bond donors (Lipinski definition) is 3. The molecule has 1 aliphatic heterocycles. The van der Waals surface area contributed by atoms with Crippen LogP contribution >= 0.6 is 0 Å². The van der Waals surface area contributed by atoms with Crippen molar-refractivity contribution in [2.75, 3.05) is 19.6 Å². The Morgan fingerprint density at radius 1 is 1.07 bits per heavy atom. The van der Waals surface area contributed by atoms with Gasteiger partial charge in [-0.3, -0.25) is 0 Å². The molecule has 1 rings (SSSR count). The van der Waals surface area contributed by atoms with E-state index in [0.29, 0.717) is 6.17 Å². The second-order valence-corrected chi connectivity index (χ2v) is 4.51. The van der Waals surface area contributed by atoms with Gasteiger partial charge in [0.1, 0.15) is 0 Å². The van der Waals surface area contributed by atoms with Crippen LogP contribution in [0.4, 0.5) is 0 Å². The Morgan fingerprint density at radius 3 is 2.80 bits per heavy atom. The summed E-state index contributed by atoms with van der Waals surface area (Å²) in [5.41, 5.74) is 5.45. The SMILES string of the molecule is NCCCCCCNC1CCCCCN1. The Bertz CT molecular complexity index is 131. The van der Waals surface area contributed by atoms with Gasteiger partial charge in [0.25, 0.3) is 0 Å². The summed E-state index contributed by atoms with van der Waals surface area (Å²) in [6, 6.07) is 0. The fourth-order valence-electron chi connectivity index (χ4n) is 2.10. The van der Waals surface area contributed by atoms with Gasteiger partial charge in [0, 0.05) is 0 Å². The molecule has 15 heavy (non-hydrogen) atoms. The molecule has 0 radical (unpaired) electrons. The van der Waals surface area contributed by atoms with Gasteiger partial charge in [-0.05, 0) is 45.3 Å². The fraction of sp³-hybridized carbons (Fsp3) is 1.00. The maximum atomic E-state index is 5.45. The Morgan fingerprint density at radius 2 is 1.93 bits per heavy atom. The number of unbranched alkanes of at least 4 members (excludes halogenated alkanes) is 3. The third-order valence-corrected chi connectivity index (χ3v) is 3.08. The monoisotopic (exact) mass is 213 g/mol. The van der Waals surface area contributed by atoms with Crippen LogP contribution in [-0.2, 0) is 0 Å². The Balaban J connectivity index is 1.89. The molecule has 0 amide bonds. The molecule has 0 aromatic carbocycles. The van der Waals surface area contributed by atoms with Crippen LogP contribution in [0.2, 0.25) is 0 Å². The molecule has 0 bridgehead atoms. The summed E-state index contributed by atoms with van der Waals surface area (Å²) in [6.07, 6.45) is 11.0. The lowest BCUT2D eigenvalue weighted by molar-refractivity contribution is 0.412. The molecule has 4 N–H and O–H groups in total. The summed E-state index contributed by atoms with van der Waals surface area (Å²) in [7, 11) is 0. The van der Waals surface area contributed by atoms with E-state index in [9.17, 15) is 0 Å². The minimum atomic E-state index is 0.571. The number of hydrogen-bond acceptors (Lipinski definition) is 3. The van der Waals surface area contributed by atoms with Crippen molar-refractivity contribution in [1.82, 2.24) is 10.6 Å². The quantitative estimate of drug-likeness (QED) is 0.563. The molecular weight excluding hydrogens is 186 g/mol. The van der Waals surface area contributed by atoms with E-state index in [4.69, 9.17) is 5.73 Å². The van der Waals surface area contributed by atoms with Gasteiger partial charge in [-0.25, -0.2) is 0 Å². The Hall–Kier alpha value is -0.120. The summed E-state index contributed by atoms with van der Waals surface area (Å²) >= 11 is 0. The fourth-order valence-corrected chi connectivity index (χ4v) is 2.10. The van der Waals surface area contributed by atoms with Crippen LogP contribution in [0.3, 0.4) is 0 Å². The number of nitrogens with two attached hydrogens (primary N) is 1. The first-order valence-electron chi connectivity index (χ1n) is 6.60. The van der Waals surface area contributed by atoms with Crippen molar-refractivity contribution in [3.63, 3.8) is 0 Å². The Kier molecular flexibility index (Phi) is 7.88. The molecule has 0 saturated carbocycles. The van der Waals surface area contributed by atoms with E-state index in [0.717, 1.165) is 13.1 Å². The smallest absolute Gasteiger partial charge is 0.0571 e. The maximum absolute atomic E-state index is 5.45. The van der Waals surface area contributed by atoms with Gasteiger partial charge in [-0.1, -0.05) is 25.7 Å². The molecule has 0 spiro atoms. The first-order valence-corrected chi connectivity index (χ1v) is 6.60. The molecule has 0 aliphatic carbocycles. The number of rotatable bonds is 7. The van der Waals surface area contributed by atoms with Crippen LogP contribution in [0.5, 0.6) is 0 Å². The molecule has 1 saturated heterocycles. The van der Waals surface area contributed by atoms with Crippen molar-refractivity contribution in [2.24, 2.45) is 5.73 Å². The molecular formula is C12H27N3. The predicted octanol–water partition coefficient (Wildman–Crippen LogP) is 1.58. The first kappa shape index (κ1) is 12.9. The average molecular weight is 213 g/mol. The highest BCUT2D eigenvalue weighted by Crippen LogP contribution is 2.06. The zero-order chi connectivity index (χ0) is 10.8. The van der Waals surface area contributed by atoms with E-state index in [1.54, 1.807) is 0 Å². The minimum Gasteiger partial charge on any atom is -0.330 e. The van der Waals surface area contributed by atoms with E-state index >= 15 is 0 Å². The standard InChI is InChI=1S/C12H27N3/c13-9-5-1-2-6-10-14-12-8-4-3-7-11-15-12/h12,14-15H,1-11,13H2. The normalized spacial score (nSPS) is 22.6. The summed E-state index contributed by atoms with van der Waals surface area (Å²) in [5.74, 6) is 0. The van der Waals surface area contributed by atoms with Gasteiger partial charge in [-0.15, -0.1) is 0 Å². The topological polar surface area (TPSA) is 50.1 Å². The van der Waals surface area contributed by atoms with Crippen molar-refractivity contribution in [3.05, 3.63) is 0 Å². The molecule has 1 unspecified atom stereocenters. The molecule has 0 aromatic rings. The molecule has 3 heteroatoms. The van der Waals surface area contributed by atoms with Gasteiger partial charge < -0.3 is 16.4 Å². The lowest BCUT2D eigenvalue weighted by Gasteiger charge is -2.17. The molecule has 0 aromatic heterocycles. The molecule has 1 aliphatic rings. The summed E-state index contributed by atoms with van der Waals surface area (Å²) in [6.45, 7) is 3.19. The first-order chi connectivity index (χ1) is 7.43. The summed E-state index contributed by atoms with van der Waals surface area (Å²) < 4.78 is 0. The predicted molar refractivity (Wildman–Crippen MR) is 65.8 cm³/mol. The third-order valence-electron chi connectivity index (χ3n) is 3.08. The van der Waals surface area contributed by atoms with Crippen LogP contribution in [0.1, 0.15) is 51.4 Å².